The van der Waals surface area contributed by atoms with E-state index in [9.17, 15) is 4.79 Å². The van der Waals surface area contributed by atoms with Crippen LogP contribution in [0, 0.1) is 0 Å². The number of methoxy groups -OCH3 is 1. The van der Waals surface area contributed by atoms with Gasteiger partial charge in [0, 0.05) is 10.6 Å². The summed E-state index contributed by atoms with van der Waals surface area (Å²) in [4.78, 5) is 16.9. The number of ether oxygens (including phenoxy) is 1. The lowest BCUT2D eigenvalue weighted by Gasteiger charge is -2.02. The number of nitrogens with one attached hydrogen (secondary N) is 1. The average molecular weight is 419 g/mol. The standard InChI is InChI=1S/C19H12Cl2N2O3S/c1-25-11-3-5-14-17(9-11)27-19(22-14)23-18(24)16-7-6-15(26-16)12-8-10(20)2-4-13(12)21/h2-9H,1H3,(H,22,23,24). The molecule has 136 valence electrons. The molecular weight excluding hydrogens is 407 g/mol. The lowest BCUT2D eigenvalue weighted by molar-refractivity contribution is 0.0997. The van der Waals surface area contributed by atoms with E-state index in [1.54, 1.807) is 37.4 Å². The number of thiazole rings is 1. The van der Waals surface area contributed by atoms with Gasteiger partial charge in [-0.2, -0.15) is 0 Å². The molecule has 8 heteroatoms. The van der Waals surface area contributed by atoms with E-state index < -0.39 is 5.91 Å². The lowest BCUT2D eigenvalue weighted by Crippen LogP contribution is -2.10. The van der Waals surface area contributed by atoms with Crippen LogP contribution in [0.2, 0.25) is 10.0 Å². The van der Waals surface area contributed by atoms with Crippen molar-refractivity contribution in [2.24, 2.45) is 0 Å². The summed E-state index contributed by atoms with van der Waals surface area (Å²) in [6, 6.07) is 13.8. The Balaban J connectivity index is 1.57. The first-order valence-electron chi connectivity index (χ1n) is 7.84. The topological polar surface area (TPSA) is 64.4 Å². The third kappa shape index (κ3) is 3.64. The second-order valence-electron chi connectivity index (χ2n) is 5.59. The monoisotopic (exact) mass is 418 g/mol. The lowest BCUT2D eigenvalue weighted by atomic mass is 10.2. The van der Waals surface area contributed by atoms with Crippen LogP contribution in [0.5, 0.6) is 5.75 Å². The molecule has 4 aromatic rings. The predicted molar refractivity (Wildman–Crippen MR) is 108 cm³/mol. The van der Waals surface area contributed by atoms with Gasteiger partial charge in [-0.25, -0.2) is 4.98 Å². The van der Waals surface area contributed by atoms with Crippen LogP contribution in [0.1, 0.15) is 10.6 Å². The summed E-state index contributed by atoms with van der Waals surface area (Å²) in [6.07, 6.45) is 0. The number of fused-ring (bicyclic) bond motifs is 1. The summed E-state index contributed by atoms with van der Waals surface area (Å²) in [5.41, 5.74) is 1.40. The highest BCUT2D eigenvalue weighted by molar-refractivity contribution is 7.22. The summed E-state index contributed by atoms with van der Waals surface area (Å²) in [5, 5.41) is 4.24. The molecule has 2 aromatic carbocycles. The first kappa shape index (κ1) is 17.9. The molecule has 0 aliphatic rings. The number of benzene rings is 2. The maximum Gasteiger partial charge on any atom is 0.293 e. The van der Waals surface area contributed by atoms with Crippen LogP contribution >= 0.6 is 34.5 Å². The molecule has 0 bridgehead atoms. The maximum atomic E-state index is 12.5. The molecule has 2 heterocycles. The van der Waals surface area contributed by atoms with Crippen LogP contribution in [0.4, 0.5) is 5.13 Å². The number of carbonyl (C=O) groups is 1. The van der Waals surface area contributed by atoms with Crippen LogP contribution in [0.15, 0.2) is 52.9 Å². The fraction of sp³-hybridized carbons (Fsp3) is 0.0526. The van der Waals surface area contributed by atoms with Gasteiger partial charge >= 0.3 is 0 Å². The van der Waals surface area contributed by atoms with Gasteiger partial charge in [0.1, 0.15) is 11.5 Å². The fourth-order valence-electron chi connectivity index (χ4n) is 2.54. The van der Waals surface area contributed by atoms with Crippen molar-refractivity contribution in [2.75, 3.05) is 12.4 Å². The van der Waals surface area contributed by atoms with Gasteiger partial charge in [-0.1, -0.05) is 34.5 Å². The molecule has 1 N–H and O–H groups in total. The van der Waals surface area contributed by atoms with Crippen molar-refractivity contribution in [1.29, 1.82) is 0 Å². The van der Waals surface area contributed by atoms with Gasteiger partial charge < -0.3 is 9.15 Å². The van der Waals surface area contributed by atoms with E-state index in [0.29, 0.717) is 26.5 Å². The van der Waals surface area contributed by atoms with Crippen molar-refractivity contribution in [3.05, 3.63) is 64.3 Å². The Hall–Kier alpha value is -2.54. The van der Waals surface area contributed by atoms with Crippen molar-refractivity contribution in [3.63, 3.8) is 0 Å². The molecule has 0 saturated heterocycles. The van der Waals surface area contributed by atoms with E-state index in [4.69, 9.17) is 32.4 Å². The summed E-state index contributed by atoms with van der Waals surface area (Å²) in [7, 11) is 1.60. The van der Waals surface area contributed by atoms with Gasteiger partial charge in [-0.3, -0.25) is 10.1 Å². The van der Waals surface area contributed by atoms with E-state index in [2.05, 4.69) is 10.3 Å². The van der Waals surface area contributed by atoms with E-state index in [-0.39, 0.29) is 5.76 Å². The van der Waals surface area contributed by atoms with E-state index in [1.807, 2.05) is 18.2 Å². The summed E-state index contributed by atoms with van der Waals surface area (Å²) < 4.78 is 11.8. The minimum Gasteiger partial charge on any atom is -0.497 e. The Bertz CT molecular complexity index is 1150. The minimum absolute atomic E-state index is 0.151. The van der Waals surface area contributed by atoms with Gasteiger partial charge in [0.25, 0.3) is 5.91 Å². The molecule has 0 saturated carbocycles. The van der Waals surface area contributed by atoms with Crippen molar-refractivity contribution in [2.45, 2.75) is 0 Å². The largest absolute Gasteiger partial charge is 0.497 e. The Morgan fingerprint density at radius 2 is 2.00 bits per heavy atom. The zero-order valence-corrected chi connectivity index (χ0v) is 16.3. The Labute approximate surface area is 168 Å². The van der Waals surface area contributed by atoms with Crippen molar-refractivity contribution < 1.29 is 13.9 Å². The first-order valence-corrected chi connectivity index (χ1v) is 9.42. The molecule has 2 aromatic heterocycles. The number of amides is 1. The molecule has 4 rings (SSSR count). The Morgan fingerprint density at radius 3 is 2.81 bits per heavy atom. The van der Waals surface area contributed by atoms with Crippen molar-refractivity contribution in [3.8, 4) is 17.1 Å². The number of hydrogen-bond donors (Lipinski definition) is 1. The Kier molecular flexibility index (Phi) is 4.78. The summed E-state index contributed by atoms with van der Waals surface area (Å²) in [6.45, 7) is 0. The maximum absolute atomic E-state index is 12.5. The van der Waals surface area contributed by atoms with Gasteiger partial charge in [-0.05, 0) is 48.5 Å². The number of nitrogens with zero attached hydrogens (tertiary/aromatic N) is 1. The quantitative estimate of drug-likeness (QED) is 0.433. The van der Waals surface area contributed by atoms with E-state index >= 15 is 0 Å². The average Bonchev–Trinajstić information content (AvgIpc) is 3.29. The summed E-state index contributed by atoms with van der Waals surface area (Å²) in [5.74, 6) is 0.947. The normalized spacial score (nSPS) is 10.9. The predicted octanol–water partition coefficient (Wildman–Crippen LogP) is 6.12. The highest BCUT2D eigenvalue weighted by Crippen LogP contribution is 2.33. The molecule has 0 aliphatic carbocycles. The molecular formula is C19H12Cl2N2O3S. The second kappa shape index (κ2) is 7.23. The zero-order chi connectivity index (χ0) is 19.0. The van der Waals surface area contributed by atoms with Crippen LogP contribution in [-0.2, 0) is 0 Å². The number of anilines is 1. The fourth-order valence-corrected chi connectivity index (χ4v) is 3.81. The van der Waals surface area contributed by atoms with E-state index in [1.165, 1.54) is 11.3 Å². The highest BCUT2D eigenvalue weighted by Gasteiger charge is 2.16. The molecule has 0 unspecified atom stereocenters. The minimum atomic E-state index is -0.398. The second-order valence-corrected chi connectivity index (χ2v) is 7.47. The first-order chi connectivity index (χ1) is 13.0. The van der Waals surface area contributed by atoms with Crippen LogP contribution in [-0.4, -0.2) is 18.0 Å². The molecule has 0 spiro atoms. The van der Waals surface area contributed by atoms with Gasteiger partial charge in [-0.15, -0.1) is 0 Å². The molecule has 0 aliphatic heterocycles. The number of hydrogen-bond acceptors (Lipinski definition) is 5. The molecule has 0 radical (unpaired) electrons. The summed E-state index contributed by atoms with van der Waals surface area (Å²) >= 11 is 13.5. The highest BCUT2D eigenvalue weighted by atomic mass is 35.5. The molecule has 0 fully saturated rings. The smallest absolute Gasteiger partial charge is 0.293 e. The van der Waals surface area contributed by atoms with Crippen LogP contribution < -0.4 is 10.1 Å². The third-order valence-electron chi connectivity index (χ3n) is 3.84. The molecule has 0 atom stereocenters. The van der Waals surface area contributed by atoms with Gasteiger partial charge in [0.2, 0.25) is 0 Å². The Morgan fingerprint density at radius 1 is 1.15 bits per heavy atom. The van der Waals surface area contributed by atoms with Crippen LogP contribution in [0.25, 0.3) is 21.5 Å². The molecule has 1 amide bonds. The molecule has 27 heavy (non-hydrogen) atoms. The van der Waals surface area contributed by atoms with Crippen molar-refractivity contribution >= 4 is 55.8 Å². The molecule has 5 nitrogen and oxygen atoms in total. The van der Waals surface area contributed by atoms with Gasteiger partial charge in [0.15, 0.2) is 10.9 Å². The van der Waals surface area contributed by atoms with Crippen LogP contribution in [0.3, 0.4) is 0 Å². The number of aromatic nitrogens is 1. The number of halogens is 2. The van der Waals surface area contributed by atoms with E-state index in [0.717, 1.165) is 16.0 Å². The third-order valence-corrected chi connectivity index (χ3v) is 5.34. The number of furan rings is 1. The SMILES string of the molecule is COc1ccc2nc(NC(=O)c3ccc(-c4cc(Cl)ccc4Cl)o3)sc2c1. The van der Waals surface area contributed by atoms with Gasteiger partial charge in [0.05, 0.1) is 22.3 Å². The number of rotatable bonds is 4. The number of carbonyl (C=O) groups excluding carboxylic acids is 1. The zero-order valence-electron chi connectivity index (χ0n) is 14.0. The van der Waals surface area contributed by atoms with Crippen molar-refractivity contribution in [1.82, 2.24) is 4.98 Å².